The van der Waals surface area contributed by atoms with E-state index in [4.69, 9.17) is 5.53 Å². The molecule has 0 aromatic heterocycles. The van der Waals surface area contributed by atoms with Crippen molar-refractivity contribution in [1.82, 2.24) is 5.43 Å². The zero-order chi connectivity index (χ0) is 10.3. The van der Waals surface area contributed by atoms with Gasteiger partial charge in [0.1, 0.15) is 0 Å². The Kier molecular flexibility index (Phi) is 4.65. The molecule has 0 aromatic carbocycles. The summed E-state index contributed by atoms with van der Waals surface area (Å²) in [7, 11) is 0. The van der Waals surface area contributed by atoms with Crippen molar-refractivity contribution >= 4 is 18.0 Å². The van der Waals surface area contributed by atoms with Crippen LogP contribution >= 0.6 is 0 Å². The van der Waals surface area contributed by atoms with Crippen LogP contribution in [0.2, 0.25) is 0 Å². The molecule has 2 amide bonds. The molecule has 0 aliphatic rings. The van der Waals surface area contributed by atoms with Gasteiger partial charge >= 0.3 is 12.1 Å². The van der Waals surface area contributed by atoms with Gasteiger partial charge in [0.05, 0.1) is 0 Å². The smallest absolute Gasteiger partial charge is 0.372 e. The topological polar surface area (TPSA) is 135 Å². The average Bonchev–Trinajstić information content (AvgIpc) is 2.13. The first kappa shape index (κ1) is 10.9. The second kappa shape index (κ2) is 5.55. The first-order valence-corrected chi connectivity index (χ1v) is 2.92. The molecule has 0 radical (unpaired) electrons. The number of nitrogens with zero attached hydrogens (tertiary/aromatic N) is 1. The molecule has 0 unspecified atom stereocenters. The Labute approximate surface area is 72.2 Å². The summed E-state index contributed by atoms with van der Waals surface area (Å²) in [5.41, 5.74) is 7.74. The van der Waals surface area contributed by atoms with Crippen molar-refractivity contribution in [1.29, 1.82) is 5.53 Å². The Morgan fingerprint density at radius 3 is 2.46 bits per heavy atom. The van der Waals surface area contributed by atoms with E-state index in [9.17, 15) is 14.4 Å². The molecule has 0 spiro atoms. The molecular formula is C5H6N4O4. The van der Waals surface area contributed by atoms with Gasteiger partial charge in [0.15, 0.2) is 0 Å². The van der Waals surface area contributed by atoms with E-state index in [1.165, 1.54) is 5.43 Å². The Morgan fingerprint density at radius 2 is 2.00 bits per heavy atom. The second-order valence-corrected chi connectivity index (χ2v) is 1.64. The average molecular weight is 186 g/mol. The predicted molar refractivity (Wildman–Crippen MR) is 38.1 cm³/mol. The molecule has 4 N–H and O–H groups in total. The van der Waals surface area contributed by atoms with E-state index in [2.05, 4.69) is 15.7 Å². The highest BCUT2D eigenvalue weighted by Crippen LogP contribution is 1.84. The largest absolute Gasteiger partial charge is 0.429 e. The monoisotopic (exact) mass is 186 g/mol. The molecule has 0 saturated carbocycles. The summed E-state index contributed by atoms with van der Waals surface area (Å²) in [6.07, 6.45) is 0.180. The van der Waals surface area contributed by atoms with Gasteiger partial charge in [-0.05, 0) is 0 Å². The van der Waals surface area contributed by atoms with Crippen LogP contribution in [0.4, 0.5) is 4.79 Å². The van der Waals surface area contributed by atoms with Gasteiger partial charge < -0.3 is 4.74 Å². The molecular weight excluding hydrogens is 180 g/mol. The Bertz CT molecular complexity index is 272. The lowest BCUT2D eigenvalue weighted by Crippen LogP contribution is -2.32. The zero-order valence-electron chi connectivity index (χ0n) is 6.31. The van der Waals surface area contributed by atoms with E-state index in [0.717, 1.165) is 0 Å². The Balaban J connectivity index is 4.01. The lowest BCUT2D eigenvalue weighted by atomic mass is 10.5. The van der Waals surface area contributed by atoms with Gasteiger partial charge in [0.2, 0.25) is 0 Å². The van der Waals surface area contributed by atoms with Gasteiger partial charge in [-0.2, -0.15) is 0 Å². The fraction of sp³-hybridized carbons (Fsp3) is 0. The van der Waals surface area contributed by atoms with Crippen LogP contribution in [-0.4, -0.2) is 18.0 Å². The van der Waals surface area contributed by atoms with Gasteiger partial charge in [0.25, 0.3) is 5.91 Å². The molecule has 8 heteroatoms. The number of hydrogen-bond donors (Lipinski definition) is 3. The molecule has 0 aromatic rings. The maximum Gasteiger partial charge on any atom is 0.429 e. The zero-order valence-corrected chi connectivity index (χ0v) is 6.31. The number of nitrogens with two attached hydrogens (primary N) is 1. The van der Waals surface area contributed by atoms with Crippen LogP contribution in [0.25, 0.3) is 0 Å². The van der Waals surface area contributed by atoms with Gasteiger partial charge in [0, 0.05) is 12.2 Å². The number of hydrazine groups is 1. The summed E-state index contributed by atoms with van der Waals surface area (Å²) in [4.78, 5) is 31.1. The quantitative estimate of drug-likeness (QED) is 0.0988. The molecule has 0 saturated heterocycles. The second-order valence-electron chi connectivity index (χ2n) is 1.64. The van der Waals surface area contributed by atoms with Crippen molar-refractivity contribution in [2.45, 2.75) is 0 Å². The van der Waals surface area contributed by atoms with E-state index >= 15 is 0 Å². The maximum absolute atomic E-state index is 10.6. The lowest BCUT2D eigenvalue weighted by molar-refractivity contribution is -0.132. The van der Waals surface area contributed by atoms with Crippen LogP contribution in [-0.2, 0) is 14.3 Å². The lowest BCUT2D eigenvalue weighted by Gasteiger charge is -1.95. The van der Waals surface area contributed by atoms with Crippen LogP contribution in [0.5, 0.6) is 0 Å². The van der Waals surface area contributed by atoms with Crippen LogP contribution < -0.4 is 11.3 Å². The van der Waals surface area contributed by atoms with Crippen molar-refractivity contribution in [3.63, 3.8) is 0 Å². The number of carbonyl (C=O) groups is 3. The highest BCUT2D eigenvalue weighted by molar-refractivity contribution is 5.97. The predicted octanol–water partition coefficient (Wildman–Crippen LogP) is -0.773. The van der Waals surface area contributed by atoms with Crippen molar-refractivity contribution in [2.75, 3.05) is 0 Å². The molecule has 0 fully saturated rings. The molecule has 8 nitrogen and oxygen atoms in total. The van der Waals surface area contributed by atoms with E-state index < -0.39 is 18.0 Å². The van der Waals surface area contributed by atoms with Gasteiger partial charge in [-0.25, -0.2) is 21.0 Å². The van der Waals surface area contributed by atoms with E-state index in [0.29, 0.717) is 12.2 Å². The van der Waals surface area contributed by atoms with Crippen molar-refractivity contribution in [3.8, 4) is 0 Å². The van der Waals surface area contributed by atoms with Gasteiger partial charge in [-0.15, -0.1) is 5.11 Å². The van der Waals surface area contributed by atoms with E-state index in [1.807, 2.05) is 0 Å². The number of hydrogen-bond acceptors (Lipinski definition) is 6. The van der Waals surface area contributed by atoms with Crippen LogP contribution in [0.1, 0.15) is 0 Å². The summed E-state index contributed by atoms with van der Waals surface area (Å²) >= 11 is 0. The van der Waals surface area contributed by atoms with Crippen LogP contribution in [0.15, 0.2) is 17.3 Å². The highest BCUT2D eigenvalue weighted by atomic mass is 16.6. The molecule has 13 heavy (non-hydrogen) atoms. The van der Waals surface area contributed by atoms with E-state index in [-0.39, 0.29) is 0 Å². The standard InChI is InChI=1S/C5H6N4O4/c6-8-3(10)1-2-4(11)13-5(12)9-7/h1-2,6H,7H2,(H,9,12)/b2-1-,8-6?. The molecule has 0 aliphatic heterocycles. The van der Waals surface area contributed by atoms with Crippen LogP contribution in [0.3, 0.4) is 0 Å². The highest BCUT2D eigenvalue weighted by Gasteiger charge is 2.04. The fourth-order valence-corrected chi connectivity index (χ4v) is 0.331. The number of ether oxygens (including phenoxy) is 1. The Hall–Kier alpha value is -2.09. The third-order valence-electron chi connectivity index (χ3n) is 0.783. The molecule has 70 valence electrons. The van der Waals surface area contributed by atoms with Gasteiger partial charge in [-0.3, -0.25) is 10.2 Å². The normalized spacial score (nSPS) is 9.31. The summed E-state index contributed by atoms with van der Waals surface area (Å²) in [5, 5.41) is 2.45. The summed E-state index contributed by atoms with van der Waals surface area (Å²) in [6, 6.07) is 0. The molecule has 0 atom stereocenters. The summed E-state index contributed by atoms with van der Waals surface area (Å²) in [6.45, 7) is 0. The minimum absolute atomic E-state index is 0.648. The SMILES string of the molecule is N=NC(=O)/C=C\C(=O)OC(=O)NN. The molecule has 0 heterocycles. The van der Waals surface area contributed by atoms with Crippen molar-refractivity contribution < 1.29 is 19.1 Å². The number of rotatable bonds is 2. The van der Waals surface area contributed by atoms with Crippen LogP contribution in [0, 0.1) is 5.53 Å². The summed E-state index contributed by atoms with van der Waals surface area (Å²) < 4.78 is 3.94. The first-order chi connectivity index (χ1) is 6.10. The fourth-order valence-electron chi connectivity index (χ4n) is 0.331. The number of amides is 2. The van der Waals surface area contributed by atoms with E-state index in [1.54, 1.807) is 0 Å². The minimum atomic E-state index is -1.15. The Morgan fingerprint density at radius 1 is 1.38 bits per heavy atom. The van der Waals surface area contributed by atoms with Crippen molar-refractivity contribution in [3.05, 3.63) is 12.2 Å². The number of nitrogens with one attached hydrogen (secondary N) is 2. The molecule has 0 aliphatic carbocycles. The van der Waals surface area contributed by atoms with Gasteiger partial charge in [-0.1, -0.05) is 0 Å². The maximum atomic E-state index is 10.6. The molecule has 0 rings (SSSR count). The minimum Gasteiger partial charge on any atom is -0.372 e. The molecule has 0 bridgehead atoms. The third-order valence-corrected chi connectivity index (χ3v) is 0.783. The third kappa shape index (κ3) is 5.21. The first-order valence-electron chi connectivity index (χ1n) is 2.92. The van der Waals surface area contributed by atoms with Crippen molar-refractivity contribution in [2.24, 2.45) is 11.0 Å². The number of carbonyl (C=O) groups excluding carboxylic acids is 3. The summed E-state index contributed by atoms with van der Waals surface area (Å²) in [5.74, 6) is 2.56. The number of esters is 1.